The molecule has 0 aliphatic heterocycles. The molecule has 0 fully saturated rings. The summed E-state index contributed by atoms with van der Waals surface area (Å²) in [6.45, 7) is 7.95. The highest BCUT2D eigenvalue weighted by Gasteiger charge is 2.14. The zero-order chi connectivity index (χ0) is 18.2. The fraction of sp³-hybridized carbons (Fsp3) is 0.471. The Morgan fingerprint density at radius 2 is 1.92 bits per heavy atom. The summed E-state index contributed by atoms with van der Waals surface area (Å²) in [5.74, 6) is -0.308. The zero-order valence-electron chi connectivity index (χ0n) is 14.8. The van der Waals surface area contributed by atoms with Crippen molar-refractivity contribution >= 4 is 34.0 Å². The summed E-state index contributed by atoms with van der Waals surface area (Å²) in [6.07, 6.45) is 2.73. The topological polar surface area (TPSA) is 91.0 Å². The Morgan fingerprint density at radius 3 is 2.48 bits per heavy atom. The van der Waals surface area contributed by atoms with E-state index in [0.717, 1.165) is 49.6 Å². The van der Waals surface area contributed by atoms with Gasteiger partial charge in [0.2, 0.25) is 5.13 Å². The Bertz CT molecular complexity index is 738. The van der Waals surface area contributed by atoms with E-state index in [9.17, 15) is 9.90 Å². The average molecular weight is 361 g/mol. The average Bonchev–Trinajstić information content (AvgIpc) is 3.07. The van der Waals surface area contributed by atoms with Crippen LogP contribution in [-0.2, 0) is 6.42 Å². The number of azo groups is 1. The van der Waals surface area contributed by atoms with Crippen molar-refractivity contribution < 1.29 is 9.90 Å². The van der Waals surface area contributed by atoms with Crippen LogP contribution in [0.25, 0.3) is 0 Å². The Labute approximate surface area is 151 Å². The predicted octanol–water partition coefficient (Wildman–Crippen LogP) is 4.84. The molecule has 2 aromatic rings. The summed E-state index contributed by atoms with van der Waals surface area (Å²) in [4.78, 5) is 18.0. The standard InChI is InChI=1S/C17H23N5O2S/c1-4-9-22(10-5-2)12-7-8-14(13(11-12)16(23)24)19-20-17-18-15(6-3)21-25-17/h7-8,11H,4-6,9-10H2,1-3H3,(H,23,24). The van der Waals surface area contributed by atoms with Gasteiger partial charge in [0.1, 0.15) is 11.5 Å². The molecule has 1 heterocycles. The second kappa shape index (κ2) is 9.22. The first-order valence-electron chi connectivity index (χ1n) is 8.45. The van der Waals surface area contributed by atoms with Gasteiger partial charge < -0.3 is 10.0 Å². The fourth-order valence-electron chi connectivity index (χ4n) is 2.41. The molecular weight excluding hydrogens is 338 g/mol. The molecule has 134 valence electrons. The summed E-state index contributed by atoms with van der Waals surface area (Å²) in [7, 11) is 0. The van der Waals surface area contributed by atoms with E-state index in [4.69, 9.17) is 0 Å². The molecule has 0 unspecified atom stereocenters. The highest BCUT2D eigenvalue weighted by atomic mass is 32.1. The van der Waals surface area contributed by atoms with Crippen LogP contribution in [-0.4, -0.2) is 33.5 Å². The van der Waals surface area contributed by atoms with Gasteiger partial charge in [-0.05, 0) is 31.0 Å². The van der Waals surface area contributed by atoms with Gasteiger partial charge in [-0.25, -0.2) is 9.78 Å². The molecule has 0 radical (unpaired) electrons. The normalized spacial score (nSPS) is 11.2. The number of rotatable bonds is 9. The summed E-state index contributed by atoms with van der Waals surface area (Å²) in [5, 5.41) is 18.1. The van der Waals surface area contributed by atoms with E-state index in [0.29, 0.717) is 16.6 Å². The van der Waals surface area contributed by atoms with Crippen molar-refractivity contribution in [3.8, 4) is 0 Å². The first-order valence-corrected chi connectivity index (χ1v) is 9.22. The van der Waals surface area contributed by atoms with Crippen molar-refractivity contribution in [2.24, 2.45) is 10.2 Å². The maximum atomic E-state index is 11.6. The number of nitrogens with zero attached hydrogens (tertiary/aromatic N) is 5. The lowest BCUT2D eigenvalue weighted by Gasteiger charge is -2.24. The van der Waals surface area contributed by atoms with Gasteiger partial charge in [-0.3, -0.25) is 0 Å². The summed E-state index contributed by atoms with van der Waals surface area (Å²) in [6, 6.07) is 5.26. The third-order valence-electron chi connectivity index (χ3n) is 3.58. The summed E-state index contributed by atoms with van der Waals surface area (Å²) in [5.41, 5.74) is 1.35. The Hall–Kier alpha value is -2.35. The maximum absolute atomic E-state index is 11.6. The van der Waals surface area contributed by atoms with Gasteiger partial charge in [-0.2, -0.15) is 4.37 Å². The highest BCUT2D eigenvalue weighted by molar-refractivity contribution is 7.09. The van der Waals surface area contributed by atoms with E-state index < -0.39 is 5.97 Å². The molecule has 1 aromatic heterocycles. The smallest absolute Gasteiger partial charge is 0.338 e. The number of carboxylic acid groups (broad SMARTS) is 1. The van der Waals surface area contributed by atoms with E-state index in [1.165, 1.54) is 0 Å². The van der Waals surface area contributed by atoms with E-state index in [-0.39, 0.29) is 5.56 Å². The first kappa shape index (κ1) is 19.0. The van der Waals surface area contributed by atoms with E-state index in [2.05, 4.69) is 38.3 Å². The largest absolute Gasteiger partial charge is 0.478 e. The molecular formula is C17H23N5O2S. The lowest BCUT2D eigenvalue weighted by molar-refractivity contribution is 0.0698. The molecule has 1 N–H and O–H groups in total. The molecule has 0 aliphatic carbocycles. The van der Waals surface area contributed by atoms with Crippen LogP contribution in [0.2, 0.25) is 0 Å². The molecule has 2 rings (SSSR count). The van der Waals surface area contributed by atoms with Gasteiger partial charge in [0.15, 0.2) is 0 Å². The van der Waals surface area contributed by atoms with Crippen LogP contribution >= 0.6 is 11.5 Å². The molecule has 0 saturated carbocycles. The third-order valence-corrected chi connectivity index (χ3v) is 4.22. The monoisotopic (exact) mass is 361 g/mol. The lowest BCUT2D eigenvalue weighted by atomic mass is 10.1. The molecule has 1 aromatic carbocycles. The van der Waals surface area contributed by atoms with Gasteiger partial charge in [0, 0.05) is 36.7 Å². The molecule has 0 spiro atoms. The number of aromatic nitrogens is 2. The highest BCUT2D eigenvalue weighted by Crippen LogP contribution is 2.28. The van der Waals surface area contributed by atoms with Crippen molar-refractivity contribution in [1.29, 1.82) is 0 Å². The molecule has 0 atom stereocenters. The summed E-state index contributed by atoms with van der Waals surface area (Å²) >= 11 is 1.15. The van der Waals surface area contributed by atoms with Crippen LogP contribution in [0.15, 0.2) is 28.4 Å². The molecule has 0 aliphatic rings. The molecule has 0 bridgehead atoms. The predicted molar refractivity (Wildman–Crippen MR) is 99.7 cm³/mol. The number of hydrogen-bond donors (Lipinski definition) is 1. The van der Waals surface area contributed by atoms with E-state index in [1.54, 1.807) is 12.1 Å². The molecule has 8 heteroatoms. The molecule has 0 saturated heterocycles. The minimum atomic E-state index is -1.02. The van der Waals surface area contributed by atoms with Crippen molar-refractivity contribution in [2.45, 2.75) is 40.0 Å². The van der Waals surface area contributed by atoms with Gasteiger partial charge in [0.25, 0.3) is 0 Å². The van der Waals surface area contributed by atoms with Crippen molar-refractivity contribution in [3.05, 3.63) is 29.6 Å². The number of carboxylic acids is 1. The Morgan fingerprint density at radius 1 is 1.20 bits per heavy atom. The van der Waals surface area contributed by atoms with Gasteiger partial charge in [-0.15, -0.1) is 10.2 Å². The van der Waals surface area contributed by atoms with E-state index in [1.807, 2.05) is 13.0 Å². The van der Waals surface area contributed by atoms with Gasteiger partial charge in [-0.1, -0.05) is 20.8 Å². The van der Waals surface area contributed by atoms with Crippen molar-refractivity contribution in [3.63, 3.8) is 0 Å². The van der Waals surface area contributed by atoms with Crippen LogP contribution in [0.4, 0.5) is 16.5 Å². The first-order chi connectivity index (χ1) is 12.1. The fourth-order valence-corrected chi connectivity index (χ4v) is 3.00. The number of aryl methyl sites for hydroxylation is 1. The summed E-state index contributed by atoms with van der Waals surface area (Å²) < 4.78 is 4.14. The van der Waals surface area contributed by atoms with Gasteiger partial charge in [0.05, 0.1) is 5.56 Å². The second-order valence-corrected chi connectivity index (χ2v) is 6.27. The van der Waals surface area contributed by atoms with Crippen LogP contribution in [0, 0.1) is 0 Å². The van der Waals surface area contributed by atoms with Gasteiger partial charge >= 0.3 is 5.97 Å². The number of anilines is 1. The maximum Gasteiger partial charge on any atom is 0.338 e. The number of hydrogen-bond acceptors (Lipinski definition) is 7. The van der Waals surface area contributed by atoms with Crippen molar-refractivity contribution in [2.75, 3.05) is 18.0 Å². The van der Waals surface area contributed by atoms with E-state index >= 15 is 0 Å². The quantitative estimate of drug-likeness (QED) is 0.645. The number of benzene rings is 1. The molecule has 7 nitrogen and oxygen atoms in total. The number of carbonyl (C=O) groups is 1. The minimum Gasteiger partial charge on any atom is -0.478 e. The zero-order valence-corrected chi connectivity index (χ0v) is 15.6. The lowest BCUT2D eigenvalue weighted by Crippen LogP contribution is -2.25. The van der Waals surface area contributed by atoms with Crippen molar-refractivity contribution in [1.82, 2.24) is 9.36 Å². The third kappa shape index (κ3) is 5.06. The van der Waals surface area contributed by atoms with Crippen LogP contribution in [0.3, 0.4) is 0 Å². The SMILES string of the molecule is CCCN(CCC)c1ccc(N=Nc2nc(CC)ns2)c(C(=O)O)c1. The Kier molecular flexibility index (Phi) is 7.00. The second-order valence-electron chi connectivity index (χ2n) is 5.54. The van der Waals surface area contributed by atoms with Crippen LogP contribution in [0.5, 0.6) is 0 Å². The van der Waals surface area contributed by atoms with Crippen LogP contribution < -0.4 is 4.90 Å². The molecule has 0 amide bonds. The van der Waals surface area contributed by atoms with Crippen LogP contribution in [0.1, 0.15) is 49.8 Å². The molecule has 25 heavy (non-hydrogen) atoms. The Balaban J connectivity index is 2.30. The minimum absolute atomic E-state index is 0.138. The number of aromatic carboxylic acids is 1.